The van der Waals surface area contributed by atoms with Crippen molar-refractivity contribution >= 4 is 36.0 Å². The van der Waals surface area contributed by atoms with Crippen molar-refractivity contribution in [1.82, 2.24) is 3.71 Å². The van der Waals surface area contributed by atoms with E-state index in [-0.39, 0.29) is 9.79 Å². The minimum Gasteiger partial charge on any atom is -0.206 e. The first kappa shape index (κ1) is 23.0. The third kappa shape index (κ3) is 5.15. The molecule has 0 saturated carbocycles. The lowest BCUT2D eigenvalue weighted by molar-refractivity contribution is 0.474. The predicted molar refractivity (Wildman–Crippen MR) is 120 cm³/mol. The highest BCUT2D eigenvalue weighted by atomic mass is 79.9. The third-order valence-electron chi connectivity index (χ3n) is 4.39. The lowest BCUT2D eigenvalue weighted by Gasteiger charge is -2.25. The fourth-order valence-electron chi connectivity index (χ4n) is 2.84. The average molecular weight is 521 g/mol. The van der Waals surface area contributed by atoms with Gasteiger partial charge in [0.1, 0.15) is 0 Å². The molecule has 0 N–H and O–H groups in total. The van der Waals surface area contributed by atoms with Gasteiger partial charge in [0, 0.05) is 15.9 Å². The molecule has 0 aliphatic carbocycles. The molecule has 0 amide bonds. The van der Waals surface area contributed by atoms with Crippen molar-refractivity contribution in [3.8, 4) is 0 Å². The molecule has 31 heavy (non-hydrogen) atoms. The molecule has 0 aliphatic rings. The van der Waals surface area contributed by atoms with E-state index in [0.717, 1.165) is 4.47 Å². The van der Waals surface area contributed by atoms with E-state index in [9.17, 15) is 16.8 Å². The first-order valence-electron chi connectivity index (χ1n) is 8.94. The molecule has 0 saturated heterocycles. The summed E-state index contributed by atoms with van der Waals surface area (Å²) in [5.74, 6) is 0. The summed E-state index contributed by atoms with van der Waals surface area (Å²) >= 11 is 3.30. The van der Waals surface area contributed by atoms with Gasteiger partial charge in [-0.2, -0.15) is 0 Å². The van der Waals surface area contributed by atoms with Gasteiger partial charge in [-0.3, -0.25) is 0 Å². The van der Waals surface area contributed by atoms with Crippen LogP contribution in [-0.4, -0.2) is 27.1 Å². The average Bonchev–Trinajstić information content (AvgIpc) is 2.78. The van der Waals surface area contributed by atoms with Gasteiger partial charge in [-0.25, -0.2) is 16.8 Å². The van der Waals surface area contributed by atoms with Crippen LogP contribution in [0.3, 0.4) is 0 Å². The molecule has 0 aromatic heterocycles. The maximum absolute atomic E-state index is 13.4. The van der Waals surface area contributed by atoms with Gasteiger partial charge in [-0.15, -0.1) is 0 Å². The highest BCUT2D eigenvalue weighted by Gasteiger charge is 2.38. The second kappa shape index (κ2) is 9.63. The van der Waals surface area contributed by atoms with E-state index in [0.29, 0.717) is 9.27 Å². The van der Waals surface area contributed by atoms with Crippen molar-refractivity contribution in [2.75, 3.05) is 6.54 Å². The minimum atomic E-state index is -4.48. The Kier molecular flexibility index (Phi) is 7.14. The van der Waals surface area contributed by atoms with Crippen LogP contribution >= 0.6 is 15.9 Å². The summed E-state index contributed by atoms with van der Waals surface area (Å²) in [6.45, 7) is -0.597. The van der Waals surface area contributed by atoms with Gasteiger partial charge < -0.3 is 0 Å². The molecule has 0 heterocycles. The maximum Gasteiger partial charge on any atom is 0.256 e. The highest BCUT2D eigenvalue weighted by molar-refractivity contribution is 9.10. The van der Waals surface area contributed by atoms with Gasteiger partial charge in [-0.05, 0) is 47.5 Å². The Morgan fingerprint density at radius 1 is 0.806 bits per heavy atom. The molecule has 11 heteroatoms. The zero-order valence-electron chi connectivity index (χ0n) is 16.0. The summed E-state index contributed by atoms with van der Waals surface area (Å²) in [5, 5.41) is 3.67. The van der Waals surface area contributed by atoms with Crippen LogP contribution in [0.25, 0.3) is 10.4 Å². The monoisotopic (exact) mass is 520 g/mol. The zero-order valence-corrected chi connectivity index (χ0v) is 19.2. The third-order valence-corrected chi connectivity index (χ3v) is 9.20. The molecule has 1 atom stereocenters. The quantitative estimate of drug-likeness (QED) is 0.238. The zero-order chi connectivity index (χ0) is 22.5. The Labute approximate surface area is 189 Å². The van der Waals surface area contributed by atoms with Gasteiger partial charge in [0.2, 0.25) is 0 Å². The predicted octanol–water partition coefficient (Wildman–Crippen LogP) is 4.88. The van der Waals surface area contributed by atoms with Crippen LogP contribution in [-0.2, 0) is 20.0 Å². The number of benzene rings is 3. The standard InChI is InChI=1S/C20H17BrN4O4S2/c21-17-13-11-16(12-14-17)20(23-24-22)15-25(30(26,27)18-7-3-1-4-8-18)31(28,29)19-9-5-2-6-10-19/h1-14,20H,15H2. The molecule has 0 radical (unpaired) electrons. The molecule has 0 bridgehead atoms. The summed E-state index contributed by atoms with van der Waals surface area (Å²) in [7, 11) is -8.97. The maximum atomic E-state index is 13.4. The van der Waals surface area contributed by atoms with Crippen LogP contribution in [0.2, 0.25) is 0 Å². The summed E-state index contributed by atoms with van der Waals surface area (Å²) in [6.07, 6.45) is 0. The van der Waals surface area contributed by atoms with Crippen molar-refractivity contribution in [3.63, 3.8) is 0 Å². The number of hydrogen-bond donors (Lipinski definition) is 0. The summed E-state index contributed by atoms with van der Waals surface area (Å²) in [4.78, 5) is 2.41. The lowest BCUT2D eigenvalue weighted by Crippen LogP contribution is -2.39. The van der Waals surface area contributed by atoms with E-state index in [1.165, 1.54) is 48.5 Å². The van der Waals surface area contributed by atoms with Gasteiger partial charge in [0.25, 0.3) is 20.0 Å². The Balaban J connectivity index is 2.16. The normalized spacial score (nSPS) is 12.8. The summed E-state index contributed by atoms with van der Waals surface area (Å²) in [5.41, 5.74) is 9.51. The number of hydrogen-bond acceptors (Lipinski definition) is 5. The number of halogens is 1. The van der Waals surface area contributed by atoms with Crippen LogP contribution in [0.15, 0.2) is 104 Å². The van der Waals surface area contributed by atoms with Gasteiger partial charge in [0.05, 0.1) is 15.8 Å². The molecule has 1 unspecified atom stereocenters. The lowest BCUT2D eigenvalue weighted by atomic mass is 10.1. The smallest absolute Gasteiger partial charge is 0.206 e. The highest BCUT2D eigenvalue weighted by Crippen LogP contribution is 2.29. The van der Waals surface area contributed by atoms with Crippen LogP contribution in [0.5, 0.6) is 0 Å². The SMILES string of the molecule is [N-]=[N+]=NC(CN(S(=O)(=O)c1ccccc1)S(=O)(=O)c1ccccc1)c1ccc(Br)cc1. The second-order valence-electron chi connectivity index (χ2n) is 6.36. The molecule has 8 nitrogen and oxygen atoms in total. The molecule has 0 fully saturated rings. The number of azide groups is 1. The molecule has 0 spiro atoms. The second-order valence-corrected chi connectivity index (χ2v) is 11.2. The van der Waals surface area contributed by atoms with Crippen LogP contribution in [0.1, 0.15) is 11.6 Å². The minimum absolute atomic E-state index is 0.190. The van der Waals surface area contributed by atoms with E-state index in [1.807, 2.05) is 0 Å². The molecule has 0 aliphatic heterocycles. The number of sulfonamides is 2. The Morgan fingerprint density at radius 2 is 1.26 bits per heavy atom. The largest absolute Gasteiger partial charge is 0.256 e. The molecule has 3 aromatic rings. The first-order valence-corrected chi connectivity index (χ1v) is 12.6. The molecule has 160 valence electrons. The van der Waals surface area contributed by atoms with E-state index in [1.54, 1.807) is 36.4 Å². The van der Waals surface area contributed by atoms with Crippen LogP contribution in [0.4, 0.5) is 0 Å². The van der Waals surface area contributed by atoms with Crippen LogP contribution in [0, 0.1) is 0 Å². The van der Waals surface area contributed by atoms with E-state index < -0.39 is 32.6 Å². The molecular weight excluding hydrogens is 504 g/mol. The van der Waals surface area contributed by atoms with E-state index in [2.05, 4.69) is 26.0 Å². The van der Waals surface area contributed by atoms with Crippen molar-refractivity contribution in [2.24, 2.45) is 5.11 Å². The summed E-state index contributed by atoms with van der Waals surface area (Å²) < 4.78 is 54.7. The topological polar surface area (TPSA) is 120 Å². The summed E-state index contributed by atoms with van der Waals surface area (Å²) in [6, 6.07) is 20.1. The van der Waals surface area contributed by atoms with E-state index >= 15 is 0 Å². The van der Waals surface area contributed by atoms with Gasteiger partial charge >= 0.3 is 0 Å². The number of rotatable bonds is 8. The van der Waals surface area contributed by atoms with Crippen molar-refractivity contribution < 1.29 is 16.8 Å². The number of nitrogens with zero attached hydrogens (tertiary/aromatic N) is 4. The Hall–Kier alpha value is -2.69. The molecular formula is C20H17BrN4O4S2. The van der Waals surface area contributed by atoms with Crippen molar-refractivity contribution in [2.45, 2.75) is 15.8 Å². The Morgan fingerprint density at radius 3 is 1.68 bits per heavy atom. The first-order chi connectivity index (χ1) is 14.8. The molecule has 3 aromatic carbocycles. The molecule has 3 rings (SSSR count). The van der Waals surface area contributed by atoms with Crippen molar-refractivity contribution in [1.29, 1.82) is 0 Å². The Bertz CT molecular complexity index is 1220. The van der Waals surface area contributed by atoms with Crippen molar-refractivity contribution in [3.05, 3.63) is 105 Å². The van der Waals surface area contributed by atoms with Crippen LogP contribution < -0.4 is 0 Å². The van der Waals surface area contributed by atoms with Gasteiger partial charge in [0.15, 0.2) is 0 Å². The van der Waals surface area contributed by atoms with Gasteiger partial charge in [-0.1, -0.05) is 73.3 Å². The van der Waals surface area contributed by atoms with E-state index in [4.69, 9.17) is 5.53 Å². The fraction of sp³-hybridized carbons (Fsp3) is 0.100. The fourth-order valence-corrected chi connectivity index (χ4v) is 6.80.